The summed E-state index contributed by atoms with van der Waals surface area (Å²) in [5.74, 6) is -2.41. The number of hydrogen-bond donors (Lipinski definition) is 1. The molecule has 8 atom stereocenters. The molecule has 2 saturated carbocycles. The highest BCUT2D eigenvalue weighted by Crippen LogP contribution is 2.57. The molecule has 56 heavy (non-hydrogen) atoms. The molecule has 1 unspecified atom stereocenters. The fraction of sp³-hybridized carbons (Fsp3) is 0.659. The number of aromatic nitrogens is 3. The molecule has 1 N–H and O–H groups in total. The standard InChI is InChI=1S/C41H55N5O9S/c1-9-26-16-24(2)12-10-11-13-27-20-41(27,38(50)45-56(51,52)40(7)14-15-40)21-33(47)32-17-28(23-46(32)37(49)29(26)18-35(48)55-39(4,5)6)54-36-25(3)43-30-19-34(53-8)42-22-31(30)44-36/h11,13-14,19,22,24,26-29,32H,9-10,12,15-18,20-21,23H2,1-8H3/p+1/b13-11-/t24-,26-,27-,28-,29+,32+,40?,41-/m1/s1. The zero-order valence-corrected chi connectivity index (χ0v) is 34.6. The zero-order chi connectivity index (χ0) is 40.8. The Kier molecular flexibility index (Phi) is 11.5. The summed E-state index contributed by atoms with van der Waals surface area (Å²) in [6.07, 6.45) is 9.57. The maximum Gasteiger partial charge on any atom is 0.307 e. The van der Waals surface area contributed by atoms with E-state index in [1.807, 2.05) is 19.1 Å². The SMILES string of the molecule is CC[C@@H]1C[C@H](C)CC/C=C\[C@@H]2C[C@@]2(C(=O)NS(=O)(=O)C2(C)[CH+]C2)CC(=O)[C@@H]2C[C@@H](Oc3nc4cnc(OC)cc4nc3C)CN2C(=O)[C@H]1CC(=O)OC(C)(C)C. The summed E-state index contributed by atoms with van der Waals surface area (Å²) < 4.78 is 45.0. The van der Waals surface area contributed by atoms with Gasteiger partial charge < -0.3 is 19.1 Å². The van der Waals surface area contributed by atoms with Gasteiger partial charge in [-0.1, -0.05) is 32.4 Å². The van der Waals surface area contributed by atoms with Crippen molar-refractivity contribution < 1.29 is 41.8 Å². The van der Waals surface area contributed by atoms with E-state index in [1.54, 1.807) is 47.1 Å². The van der Waals surface area contributed by atoms with E-state index in [0.29, 0.717) is 54.7 Å². The van der Waals surface area contributed by atoms with Gasteiger partial charge in [0.1, 0.15) is 29.3 Å². The van der Waals surface area contributed by atoms with Crippen LogP contribution >= 0.6 is 0 Å². The number of sulfonamides is 1. The minimum Gasteiger partial charge on any atom is -0.481 e. The van der Waals surface area contributed by atoms with E-state index in [1.165, 1.54) is 18.2 Å². The molecule has 0 spiro atoms. The monoisotopic (exact) mass is 794 g/mol. The number of carbonyl (C=O) groups is 4. The fourth-order valence-electron chi connectivity index (χ4n) is 8.21. The molecule has 2 aromatic heterocycles. The van der Waals surface area contributed by atoms with Crippen LogP contribution in [0.5, 0.6) is 11.8 Å². The quantitative estimate of drug-likeness (QED) is 0.199. The Bertz CT molecular complexity index is 2010. The lowest BCUT2D eigenvalue weighted by molar-refractivity contribution is -0.160. The van der Waals surface area contributed by atoms with Gasteiger partial charge in [0, 0.05) is 25.8 Å². The fourth-order valence-corrected chi connectivity index (χ4v) is 9.41. The minimum atomic E-state index is -4.01. The van der Waals surface area contributed by atoms with Crippen LogP contribution in [-0.4, -0.2) is 88.0 Å². The minimum absolute atomic E-state index is 0.0250. The number of Topliss-reactive ketones (excluding diaryl/α,β-unsaturated/α-hetero) is 1. The van der Waals surface area contributed by atoms with E-state index < -0.39 is 55.7 Å². The number of hydrogen-bond acceptors (Lipinski definition) is 12. The molecule has 6 rings (SSSR count). The summed E-state index contributed by atoms with van der Waals surface area (Å²) in [7, 11) is -2.50. The Labute approximate surface area is 330 Å². The first-order valence-electron chi connectivity index (χ1n) is 19.8. The van der Waals surface area contributed by atoms with E-state index >= 15 is 0 Å². The van der Waals surface area contributed by atoms with Gasteiger partial charge in [0.15, 0.2) is 12.2 Å². The summed E-state index contributed by atoms with van der Waals surface area (Å²) in [6.45, 7) is 12.8. The average Bonchev–Trinajstić information content (AvgIpc) is 4.00. The zero-order valence-electron chi connectivity index (χ0n) is 33.8. The highest BCUT2D eigenvalue weighted by Gasteiger charge is 2.67. The second kappa shape index (κ2) is 15.6. The molecule has 15 heteroatoms. The van der Waals surface area contributed by atoms with Crippen molar-refractivity contribution in [2.45, 2.75) is 129 Å². The van der Waals surface area contributed by atoms with E-state index in [0.717, 1.165) is 6.42 Å². The van der Waals surface area contributed by atoms with Gasteiger partial charge in [-0.15, -0.1) is 0 Å². The lowest BCUT2D eigenvalue weighted by Crippen LogP contribution is -2.48. The van der Waals surface area contributed by atoms with Gasteiger partial charge in [0.25, 0.3) is 14.8 Å². The van der Waals surface area contributed by atoms with E-state index in [-0.39, 0.29) is 61.1 Å². The van der Waals surface area contributed by atoms with Crippen LogP contribution in [0.2, 0.25) is 0 Å². The van der Waals surface area contributed by atoms with Crippen molar-refractivity contribution in [3.8, 4) is 11.8 Å². The third-order valence-electron chi connectivity index (χ3n) is 11.9. The molecule has 0 aromatic carbocycles. The molecule has 304 valence electrons. The maximum absolute atomic E-state index is 15.0. The molecular formula is C41H56N5O9S+. The van der Waals surface area contributed by atoms with Crippen LogP contribution in [0, 0.1) is 42.4 Å². The molecule has 0 radical (unpaired) electrons. The van der Waals surface area contributed by atoms with Gasteiger partial charge in [-0.05, 0) is 71.1 Å². The first-order chi connectivity index (χ1) is 26.3. The van der Waals surface area contributed by atoms with Crippen LogP contribution in [-0.2, 0) is 33.9 Å². The largest absolute Gasteiger partial charge is 0.481 e. The first kappa shape index (κ1) is 41.4. The third-order valence-corrected chi connectivity index (χ3v) is 13.9. The van der Waals surface area contributed by atoms with Crippen LogP contribution in [0.1, 0.15) is 105 Å². The normalized spacial score (nSPS) is 31.5. The second-order valence-corrected chi connectivity index (χ2v) is 19.6. The number of ether oxygens (including phenoxy) is 3. The van der Waals surface area contributed by atoms with E-state index in [4.69, 9.17) is 14.2 Å². The summed E-state index contributed by atoms with van der Waals surface area (Å²) in [5, 5.41) is 0. The number of ketones is 1. The van der Waals surface area contributed by atoms with Gasteiger partial charge in [0.05, 0.1) is 49.2 Å². The molecule has 14 nitrogen and oxygen atoms in total. The van der Waals surface area contributed by atoms with Gasteiger partial charge >= 0.3 is 5.97 Å². The summed E-state index contributed by atoms with van der Waals surface area (Å²) in [4.78, 5) is 72.1. The van der Waals surface area contributed by atoms with Crippen LogP contribution in [0.25, 0.3) is 11.0 Å². The molecule has 2 aromatic rings. The van der Waals surface area contributed by atoms with Crippen LogP contribution in [0.15, 0.2) is 24.4 Å². The number of methoxy groups -OCH3 is 1. The van der Waals surface area contributed by atoms with Crippen molar-refractivity contribution in [3.63, 3.8) is 0 Å². The molecule has 3 fully saturated rings. The Morgan fingerprint density at radius 2 is 1.88 bits per heavy atom. The third kappa shape index (κ3) is 8.82. The molecule has 2 aliphatic carbocycles. The van der Waals surface area contributed by atoms with Crippen LogP contribution in [0.3, 0.4) is 0 Å². The molecule has 2 aliphatic heterocycles. The Morgan fingerprint density at radius 3 is 2.54 bits per heavy atom. The molecular weight excluding hydrogens is 739 g/mol. The van der Waals surface area contributed by atoms with Gasteiger partial charge in [-0.3, -0.25) is 19.2 Å². The Morgan fingerprint density at radius 1 is 1.14 bits per heavy atom. The predicted molar refractivity (Wildman–Crippen MR) is 208 cm³/mol. The van der Waals surface area contributed by atoms with Crippen molar-refractivity contribution in [3.05, 3.63) is 36.5 Å². The van der Waals surface area contributed by atoms with Gasteiger partial charge in [-0.2, -0.15) is 0 Å². The highest BCUT2D eigenvalue weighted by atomic mass is 32.2. The molecule has 1 saturated heterocycles. The number of rotatable bonds is 9. The van der Waals surface area contributed by atoms with E-state index in [2.05, 4.69) is 26.6 Å². The van der Waals surface area contributed by atoms with Crippen LogP contribution < -0.4 is 14.2 Å². The number of nitrogens with zero attached hydrogens (tertiary/aromatic N) is 4. The topological polar surface area (TPSA) is 184 Å². The van der Waals surface area contributed by atoms with Crippen molar-refractivity contribution in [2.75, 3.05) is 13.7 Å². The highest BCUT2D eigenvalue weighted by molar-refractivity contribution is 7.91. The summed E-state index contributed by atoms with van der Waals surface area (Å²) in [5.41, 5.74) is -0.534. The second-order valence-electron chi connectivity index (χ2n) is 17.5. The van der Waals surface area contributed by atoms with Crippen LogP contribution in [0.4, 0.5) is 0 Å². The molecule has 0 bridgehead atoms. The number of fused-ring (bicyclic) bond motifs is 3. The molecule has 4 heterocycles. The molecule has 4 aliphatic rings. The number of allylic oxidation sites excluding steroid dienone is 2. The van der Waals surface area contributed by atoms with Crippen molar-refractivity contribution in [2.24, 2.45) is 29.1 Å². The summed E-state index contributed by atoms with van der Waals surface area (Å²) >= 11 is 0. The lowest BCUT2D eigenvalue weighted by Gasteiger charge is -2.33. The van der Waals surface area contributed by atoms with E-state index in [9.17, 15) is 27.6 Å². The first-order valence-corrected chi connectivity index (χ1v) is 21.2. The van der Waals surface area contributed by atoms with Crippen molar-refractivity contribution in [1.82, 2.24) is 24.6 Å². The van der Waals surface area contributed by atoms with Crippen molar-refractivity contribution >= 4 is 44.6 Å². The smallest absolute Gasteiger partial charge is 0.307 e. The molecule has 2 amide bonds. The number of esters is 1. The number of carbonyl (C=O) groups excluding carboxylic acids is 4. The number of nitrogens with one attached hydrogen (secondary N) is 1. The average molecular weight is 795 g/mol. The predicted octanol–water partition coefficient (Wildman–Crippen LogP) is 5.22. The number of amides is 2. The maximum atomic E-state index is 15.0. The number of aryl methyl sites for hydroxylation is 1. The van der Waals surface area contributed by atoms with Gasteiger partial charge in [-0.25, -0.2) is 28.1 Å². The van der Waals surface area contributed by atoms with Crippen molar-refractivity contribution in [1.29, 1.82) is 0 Å². The van der Waals surface area contributed by atoms with Gasteiger partial charge in [0.2, 0.25) is 23.6 Å². The Hall–Kier alpha value is -4.27. The Balaban J connectivity index is 1.36. The number of pyridine rings is 1. The lowest BCUT2D eigenvalue weighted by atomic mass is 9.79. The summed E-state index contributed by atoms with van der Waals surface area (Å²) in [6, 6.07) is 0.661.